The molecular weight excluding hydrogens is 789 g/mol. The van der Waals surface area contributed by atoms with Crippen LogP contribution in [0.3, 0.4) is 0 Å². The molecular formula is C39H40Cl2F2N6O8. The number of carbonyl (C=O) groups excluding carboxylic acids is 4. The van der Waals surface area contributed by atoms with Gasteiger partial charge in [-0.1, -0.05) is 61.3 Å². The lowest BCUT2D eigenvalue weighted by molar-refractivity contribution is -0.136. The highest BCUT2D eigenvalue weighted by Crippen LogP contribution is 2.33. The highest BCUT2D eigenvalue weighted by Gasteiger charge is 2.38. The van der Waals surface area contributed by atoms with E-state index in [2.05, 4.69) is 21.3 Å². The molecule has 1 unspecified atom stereocenters. The number of aromatic carboxylic acids is 1. The van der Waals surface area contributed by atoms with E-state index in [0.717, 1.165) is 25.5 Å². The number of hydrogen-bond acceptors (Lipinski definition) is 7. The number of para-hydroxylation sites is 2. The molecule has 14 nitrogen and oxygen atoms in total. The van der Waals surface area contributed by atoms with E-state index < -0.39 is 29.7 Å². The van der Waals surface area contributed by atoms with Crippen LogP contribution in [0.2, 0.25) is 10.0 Å². The number of halogens is 4. The van der Waals surface area contributed by atoms with Crippen LogP contribution in [0, 0.1) is 11.6 Å². The first-order valence-electron chi connectivity index (χ1n) is 17.5. The van der Waals surface area contributed by atoms with Crippen molar-refractivity contribution >= 4 is 75.8 Å². The number of carbonyl (C=O) groups is 5. The average Bonchev–Trinajstić information content (AvgIpc) is 3.69. The highest BCUT2D eigenvalue weighted by molar-refractivity contribution is 6.34. The van der Waals surface area contributed by atoms with Crippen LogP contribution in [-0.2, 0) is 4.79 Å². The van der Waals surface area contributed by atoms with Crippen LogP contribution in [0.1, 0.15) is 47.4 Å². The van der Waals surface area contributed by atoms with Gasteiger partial charge in [-0.05, 0) is 61.4 Å². The van der Waals surface area contributed by atoms with Crippen molar-refractivity contribution in [1.82, 2.24) is 9.80 Å². The molecule has 4 aromatic carbocycles. The number of methoxy groups -OCH3 is 2. The summed E-state index contributed by atoms with van der Waals surface area (Å²) in [6, 6.07) is 15.7. The minimum atomic E-state index is -1.20. The quantitative estimate of drug-likeness (QED) is 0.117. The first kappa shape index (κ1) is 43.6. The summed E-state index contributed by atoms with van der Waals surface area (Å²) >= 11 is 11.6. The van der Waals surface area contributed by atoms with E-state index >= 15 is 0 Å². The van der Waals surface area contributed by atoms with E-state index in [1.165, 1.54) is 67.7 Å². The molecule has 2 fully saturated rings. The highest BCUT2D eigenvalue weighted by atomic mass is 35.5. The van der Waals surface area contributed by atoms with E-state index in [-0.39, 0.29) is 79.8 Å². The van der Waals surface area contributed by atoms with E-state index in [1.54, 1.807) is 18.2 Å². The predicted molar refractivity (Wildman–Crippen MR) is 213 cm³/mol. The number of carboxylic acid groups (broad SMARTS) is 1. The van der Waals surface area contributed by atoms with Gasteiger partial charge < -0.3 is 45.6 Å². The molecule has 2 saturated heterocycles. The van der Waals surface area contributed by atoms with Gasteiger partial charge in [0.1, 0.15) is 23.7 Å². The molecule has 5 N–H and O–H groups in total. The number of fused-ring (bicyclic) bond motifs is 1. The largest absolute Gasteiger partial charge is 0.494 e. The molecule has 0 radical (unpaired) electrons. The van der Waals surface area contributed by atoms with Gasteiger partial charge >= 0.3 is 18.0 Å². The van der Waals surface area contributed by atoms with Crippen LogP contribution in [-0.4, -0.2) is 84.6 Å². The van der Waals surface area contributed by atoms with E-state index in [1.807, 2.05) is 18.7 Å². The van der Waals surface area contributed by atoms with Gasteiger partial charge in [-0.25, -0.2) is 23.2 Å². The second kappa shape index (κ2) is 20.2. The van der Waals surface area contributed by atoms with E-state index in [9.17, 15) is 32.8 Å². The van der Waals surface area contributed by atoms with Crippen LogP contribution in [0.25, 0.3) is 0 Å². The number of ether oxygens (including phenoxy) is 2. The van der Waals surface area contributed by atoms with Crippen molar-refractivity contribution in [2.45, 2.75) is 32.7 Å². The third-order valence-electron chi connectivity index (χ3n) is 8.54. The molecule has 6 amide bonds. The number of anilines is 4. The molecule has 0 saturated carbocycles. The van der Waals surface area contributed by atoms with Crippen LogP contribution in [0.15, 0.2) is 72.8 Å². The minimum absolute atomic E-state index is 0.000453. The SMILES string of the molecule is CC.COc1c(NC(=O)Nc2cccc(F)c2Cl)cccc1C(=O)N1CC(=O)N2CCCC2C1.COc1c(NC(=O)Nc2cccc(F)c2Cl)cccc1C(=O)O. The van der Waals surface area contributed by atoms with Crippen LogP contribution >= 0.6 is 23.2 Å². The van der Waals surface area contributed by atoms with Crippen molar-refractivity contribution in [1.29, 1.82) is 0 Å². The van der Waals surface area contributed by atoms with Crippen molar-refractivity contribution in [2.75, 3.05) is 55.1 Å². The summed E-state index contributed by atoms with van der Waals surface area (Å²) in [4.78, 5) is 64.5. The summed E-state index contributed by atoms with van der Waals surface area (Å²) in [6.45, 7) is 5.21. The molecule has 0 spiro atoms. The fourth-order valence-electron chi connectivity index (χ4n) is 6.05. The van der Waals surface area contributed by atoms with Crippen LogP contribution in [0.4, 0.5) is 41.1 Å². The van der Waals surface area contributed by atoms with Gasteiger partial charge in [0.25, 0.3) is 5.91 Å². The standard InChI is InChI=1S/C22H22ClFN4O4.C15H12ClFN2O4.C2H6/c1-32-20-14(21(30)27-11-13-5-4-10-28(13)18(29)12-27)6-2-9-17(20)26-22(31)25-16-8-3-7-15(24)19(16)23;1-23-13-8(14(20)21)4-2-7-11(13)19-15(22)18-10-6-3-5-9(17)12(10)16;1-2/h2-3,6-9,13H,4-5,10-12H2,1H3,(H2,25,26,31);2-7H,1H3,(H,20,21)(H2,18,19,22);1-2H3. The lowest BCUT2D eigenvalue weighted by Crippen LogP contribution is -2.55. The van der Waals surface area contributed by atoms with Gasteiger partial charge in [0.2, 0.25) is 5.91 Å². The molecule has 57 heavy (non-hydrogen) atoms. The molecule has 18 heteroatoms. The first-order chi connectivity index (χ1) is 27.3. The van der Waals surface area contributed by atoms with Gasteiger partial charge in [0.15, 0.2) is 11.5 Å². The Bertz CT molecular complexity index is 2140. The Labute approximate surface area is 337 Å². The zero-order valence-electron chi connectivity index (χ0n) is 31.3. The molecule has 302 valence electrons. The number of piperazine rings is 1. The maximum Gasteiger partial charge on any atom is 0.339 e. The van der Waals surface area contributed by atoms with Crippen LogP contribution < -0.4 is 30.7 Å². The number of benzene rings is 4. The number of amides is 6. The molecule has 6 rings (SSSR count). The van der Waals surface area contributed by atoms with Gasteiger partial charge in [-0.3, -0.25) is 9.59 Å². The number of nitrogens with zero attached hydrogens (tertiary/aromatic N) is 2. The molecule has 0 aromatic heterocycles. The Kier molecular flexibility index (Phi) is 15.4. The molecule has 0 bridgehead atoms. The number of rotatable bonds is 8. The third-order valence-corrected chi connectivity index (χ3v) is 9.31. The molecule has 4 aromatic rings. The van der Waals surface area contributed by atoms with Crippen molar-refractivity contribution in [3.63, 3.8) is 0 Å². The van der Waals surface area contributed by atoms with Crippen LogP contribution in [0.5, 0.6) is 11.5 Å². The number of hydrogen-bond donors (Lipinski definition) is 5. The Balaban J connectivity index is 0.000000255. The second-order valence-corrected chi connectivity index (χ2v) is 12.8. The van der Waals surface area contributed by atoms with Crippen molar-refractivity contribution in [3.8, 4) is 11.5 Å². The summed E-state index contributed by atoms with van der Waals surface area (Å²) in [5.41, 5.74) is 0.704. The second-order valence-electron chi connectivity index (χ2n) is 12.0. The third kappa shape index (κ3) is 10.6. The Morgan fingerprint density at radius 3 is 1.65 bits per heavy atom. The van der Waals surface area contributed by atoms with Gasteiger partial charge in [-0.15, -0.1) is 0 Å². The summed E-state index contributed by atoms with van der Waals surface area (Å²) in [6.07, 6.45) is 1.81. The predicted octanol–water partition coefficient (Wildman–Crippen LogP) is 8.43. The zero-order chi connectivity index (χ0) is 41.8. The topological polar surface area (TPSA) is 179 Å². The summed E-state index contributed by atoms with van der Waals surface area (Å²) in [7, 11) is 2.67. The number of nitrogens with one attached hydrogen (secondary N) is 4. The lowest BCUT2D eigenvalue weighted by Gasteiger charge is -2.37. The fraction of sp³-hybridized carbons (Fsp3) is 0.256. The minimum Gasteiger partial charge on any atom is -0.494 e. The number of carboxylic acids is 1. The lowest BCUT2D eigenvalue weighted by atomic mass is 10.1. The molecule has 2 heterocycles. The van der Waals surface area contributed by atoms with Crippen molar-refractivity contribution < 1.29 is 47.3 Å². The maximum absolute atomic E-state index is 13.6. The average molecular weight is 830 g/mol. The molecule has 0 aliphatic carbocycles. The van der Waals surface area contributed by atoms with Gasteiger partial charge in [0, 0.05) is 19.1 Å². The van der Waals surface area contributed by atoms with E-state index in [4.69, 9.17) is 37.8 Å². The van der Waals surface area contributed by atoms with E-state index in [0.29, 0.717) is 6.54 Å². The zero-order valence-corrected chi connectivity index (χ0v) is 32.8. The first-order valence-corrected chi connectivity index (χ1v) is 18.3. The summed E-state index contributed by atoms with van der Waals surface area (Å²) in [5.74, 6) is -2.77. The normalized spacial score (nSPS) is 14.1. The molecule has 2 aliphatic heterocycles. The maximum atomic E-state index is 13.6. The Morgan fingerprint density at radius 1 is 0.719 bits per heavy atom. The summed E-state index contributed by atoms with van der Waals surface area (Å²) in [5, 5.41) is 18.5. The fourth-order valence-corrected chi connectivity index (χ4v) is 6.40. The van der Waals surface area contributed by atoms with Crippen molar-refractivity contribution in [3.05, 3.63) is 106 Å². The number of urea groups is 2. The Morgan fingerprint density at radius 2 is 1.16 bits per heavy atom. The monoisotopic (exact) mass is 828 g/mol. The van der Waals surface area contributed by atoms with Gasteiger partial charge in [0.05, 0.1) is 52.6 Å². The smallest absolute Gasteiger partial charge is 0.339 e. The van der Waals surface area contributed by atoms with Crippen molar-refractivity contribution in [2.24, 2.45) is 0 Å². The van der Waals surface area contributed by atoms with Gasteiger partial charge in [-0.2, -0.15) is 0 Å². The Hall–Kier alpha value is -6.13. The summed E-state index contributed by atoms with van der Waals surface area (Å²) < 4.78 is 37.4. The molecule has 1 atom stereocenters. The molecule has 2 aliphatic rings.